The number of aromatic amines is 1. The van der Waals surface area contributed by atoms with Gasteiger partial charge in [-0.3, -0.25) is 14.7 Å². The van der Waals surface area contributed by atoms with Crippen molar-refractivity contribution in [2.24, 2.45) is 7.05 Å². The van der Waals surface area contributed by atoms with Crippen molar-refractivity contribution in [1.29, 1.82) is 0 Å². The number of pyridine rings is 1. The summed E-state index contributed by atoms with van der Waals surface area (Å²) in [5, 5.41) is 5.58. The zero-order valence-electron chi connectivity index (χ0n) is 18.2. The molecule has 1 aliphatic rings. The highest BCUT2D eigenvalue weighted by Gasteiger charge is 2.38. The fourth-order valence-corrected chi connectivity index (χ4v) is 4.54. The molecule has 0 radical (unpaired) electrons. The quantitative estimate of drug-likeness (QED) is 0.492. The summed E-state index contributed by atoms with van der Waals surface area (Å²) in [6.45, 7) is 5.53. The molecule has 0 unspecified atom stereocenters. The van der Waals surface area contributed by atoms with E-state index < -0.39 is 6.04 Å². The van der Waals surface area contributed by atoms with Crippen LogP contribution in [0.1, 0.15) is 19.7 Å². The Morgan fingerprint density at radius 2 is 2.19 bits per heavy atom. The third-order valence-electron chi connectivity index (χ3n) is 5.96. The maximum atomic E-state index is 13.4. The van der Waals surface area contributed by atoms with Crippen molar-refractivity contribution in [3.8, 4) is 0 Å². The van der Waals surface area contributed by atoms with E-state index in [1.54, 1.807) is 24.7 Å². The first-order valence-corrected chi connectivity index (χ1v) is 10.9. The van der Waals surface area contributed by atoms with Crippen LogP contribution in [0.5, 0.6) is 0 Å². The molecule has 1 amide bonds. The number of hydrogen-bond donors (Lipinski definition) is 2. The topological polar surface area (TPSA) is 88.1 Å². The molecule has 166 valence electrons. The summed E-state index contributed by atoms with van der Waals surface area (Å²) < 4.78 is 7.97. The molecule has 1 aromatic carbocycles. The average molecular weight is 453 g/mol. The molecule has 0 saturated carbocycles. The Kier molecular flexibility index (Phi) is 5.16. The molecule has 1 fully saturated rings. The summed E-state index contributed by atoms with van der Waals surface area (Å²) in [4.78, 5) is 27.5. The first-order valence-electron chi connectivity index (χ1n) is 10.5. The van der Waals surface area contributed by atoms with Gasteiger partial charge in [0, 0.05) is 48.0 Å². The van der Waals surface area contributed by atoms with Crippen LogP contribution >= 0.6 is 11.6 Å². The average Bonchev–Trinajstić information content (AvgIpc) is 3.31. The van der Waals surface area contributed by atoms with E-state index in [2.05, 4.69) is 25.2 Å². The number of carbonyl (C=O) groups excluding carboxylic acids is 1. The normalized spacial score (nSPS) is 18.9. The number of morpholine rings is 1. The first-order chi connectivity index (χ1) is 15.3. The number of imidazole rings is 1. The summed E-state index contributed by atoms with van der Waals surface area (Å²) in [5.74, 6) is 0.754. The SMILES string of the molecule is Cn1ccnc1CN1CC(C)(C)OC[C@H]1C(=O)Nc1cc(Cl)cc2c1[nH]c1cnccc12. The monoisotopic (exact) mass is 452 g/mol. The number of nitrogens with zero attached hydrogens (tertiary/aromatic N) is 4. The van der Waals surface area contributed by atoms with Gasteiger partial charge in [-0.2, -0.15) is 0 Å². The third-order valence-corrected chi connectivity index (χ3v) is 6.17. The van der Waals surface area contributed by atoms with Gasteiger partial charge in [-0.1, -0.05) is 11.6 Å². The van der Waals surface area contributed by atoms with Gasteiger partial charge in [0.25, 0.3) is 0 Å². The number of anilines is 1. The van der Waals surface area contributed by atoms with Crippen molar-refractivity contribution in [2.45, 2.75) is 32.0 Å². The van der Waals surface area contributed by atoms with Gasteiger partial charge in [0.05, 0.1) is 41.7 Å². The summed E-state index contributed by atoms with van der Waals surface area (Å²) >= 11 is 6.40. The number of ether oxygens (including phenoxy) is 1. The standard InChI is InChI=1S/C23H25ClN6O2/c1-23(2)13-30(11-20-26-6-7-29(20)3)19(12-32-23)22(31)28-17-9-14(24)8-16-15-4-5-25-10-18(15)27-21(16)17/h4-10,19,27H,11-13H2,1-3H3,(H,28,31)/t19-/m0/s1. The minimum absolute atomic E-state index is 0.143. The van der Waals surface area contributed by atoms with E-state index in [0.717, 1.165) is 27.6 Å². The zero-order valence-corrected chi connectivity index (χ0v) is 19.0. The van der Waals surface area contributed by atoms with Crippen molar-refractivity contribution < 1.29 is 9.53 Å². The van der Waals surface area contributed by atoms with Crippen LogP contribution in [0.25, 0.3) is 21.8 Å². The molecule has 0 aliphatic carbocycles. The molecule has 8 nitrogen and oxygen atoms in total. The molecule has 3 aromatic heterocycles. The van der Waals surface area contributed by atoms with E-state index in [1.807, 2.05) is 43.8 Å². The highest BCUT2D eigenvalue weighted by Crippen LogP contribution is 2.33. The first kappa shape index (κ1) is 20.9. The number of carbonyl (C=O) groups is 1. The minimum atomic E-state index is -0.459. The molecule has 0 spiro atoms. The van der Waals surface area contributed by atoms with Crippen LogP contribution in [-0.2, 0) is 23.1 Å². The Labute approximate surface area is 190 Å². The van der Waals surface area contributed by atoms with Gasteiger partial charge < -0.3 is 19.6 Å². The van der Waals surface area contributed by atoms with Crippen molar-refractivity contribution in [3.63, 3.8) is 0 Å². The van der Waals surface area contributed by atoms with Gasteiger partial charge in [-0.25, -0.2) is 4.98 Å². The van der Waals surface area contributed by atoms with Gasteiger partial charge in [-0.15, -0.1) is 0 Å². The molecular weight excluding hydrogens is 428 g/mol. The summed E-state index contributed by atoms with van der Waals surface area (Å²) in [6.07, 6.45) is 7.18. The van der Waals surface area contributed by atoms with Gasteiger partial charge in [0.2, 0.25) is 5.91 Å². The smallest absolute Gasteiger partial charge is 0.244 e. The number of halogens is 1. The second-order valence-electron chi connectivity index (χ2n) is 8.86. The lowest BCUT2D eigenvalue weighted by atomic mass is 10.0. The summed E-state index contributed by atoms with van der Waals surface area (Å²) in [6, 6.07) is 5.13. The van der Waals surface area contributed by atoms with Crippen LogP contribution in [-0.4, -0.2) is 55.1 Å². The fourth-order valence-electron chi connectivity index (χ4n) is 4.33. The van der Waals surface area contributed by atoms with E-state index >= 15 is 0 Å². The van der Waals surface area contributed by atoms with Crippen LogP contribution in [0.15, 0.2) is 43.0 Å². The van der Waals surface area contributed by atoms with Crippen LogP contribution in [0.4, 0.5) is 5.69 Å². The molecular formula is C23H25ClN6O2. The number of rotatable bonds is 4. The number of aromatic nitrogens is 4. The number of fused-ring (bicyclic) bond motifs is 3. The van der Waals surface area contributed by atoms with Crippen molar-refractivity contribution in [2.75, 3.05) is 18.5 Å². The van der Waals surface area contributed by atoms with Crippen LogP contribution < -0.4 is 5.32 Å². The second-order valence-corrected chi connectivity index (χ2v) is 9.29. The van der Waals surface area contributed by atoms with Gasteiger partial charge >= 0.3 is 0 Å². The second kappa shape index (κ2) is 7.88. The minimum Gasteiger partial charge on any atom is -0.372 e. The van der Waals surface area contributed by atoms with E-state index in [1.165, 1.54) is 0 Å². The van der Waals surface area contributed by atoms with Crippen LogP contribution in [0, 0.1) is 0 Å². The van der Waals surface area contributed by atoms with Crippen molar-refractivity contribution in [1.82, 2.24) is 24.4 Å². The van der Waals surface area contributed by atoms with E-state index in [0.29, 0.717) is 30.4 Å². The largest absolute Gasteiger partial charge is 0.372 e. The number of nitrogens with one attached hydrogen (secondary N) is 2. The highest BCUT2D eigenvalue weighted by molar-refractivity contribution is 6.33. The number of amides is 1. The number of benzene rings is 1. The lowest BCUT2D eigenvalue weighted by molar-refractivity contribution is -0.144. The lowest BCUT2D eigenvalue weighted by Crippen LogP contribution is -2.57. The number of H-pyrrole nitrogens is 1. The Bertz CT molecular complexity index is 1310. The Hall–Kier alpha value is -2.94. The Morgan fingerprint density at radius 1 is 1.34 bits per heavy atom. The third kappa shape index (κ3) is 3.85. The number of aryl methyl sites for hydroxylation is 1. The van der Waals surface area contributed by atoms with Gasteiger partial charge in [0.1, 0.15) is 11.9 Å². The summed E-state index contributed by atoms with van der Waals surface area (Å²) in [5.41, 5.74) is 1.99. The van der Waals surface area contributed by atoms with Crippen LogP contribution in [0.3, 0.4) is 0 Å². The predicted octanol–water partition coefficient (Wildman–Crippen LogP) is 3.72. The van der Waals surface area contributed by atoms with Crippen LogP contribution in [0.2, 0.25) is 5.02 Å². The van der Waals surface area contributed by atoms with E-state index in [9.17, 15) is 4.79 Å². The lowest BCUT2D eigenvalue weighted by Gasteiger charge is -2.42. The highest BCUT2D eigenvalue weighted by atomic mass is 35.5. The molecule has 9 heteroatoms. The van der Waals surface area contributed by atoms with Crippen molar-refractivity contribution in [3.05, 3.63) is 53.8 Å². The molecule has 0 bridgehead atoms. The molecule has 1 saturated heterocycles. The molecule has 2 N–H and O–H groups in total. The maximum Gasteiger partial charge on any atom is 0.244 e. The Balaban J connectivity index is 1.46. The molecule has 4 aromatic rings. The Morgan fingerprint density at radius 3 is 2.97 bits per heavy atom. The predicted molar refractivity (Wildman–Crippen MR) is 125 cm³/mol. The maximum absolute atomic E-state index is 13.4. The molecule has 4 heterocycles. The van der Waals surface area contributed by atoms with Crippen molar-refractivity contribution >= 4 is 45.0 Å². The molecule has 32 heavy (non-hydrogen) atoms. The molecule has 1 aliphatic heterocycles. The fraction of sp³-hybridized carbons (Fsp3) is 0.348. The molecule has 1 atom stereocenters. The van der Waals surface area contributed by atoms with E-state index in [4.69, 9.17) is 16.3 Å². The molecule has 5 rings (SSSR count). The van der Waals surface area contributed by atoms with Gasteiger partial charge in [0.15, 0.2) is 0 Å². The summed E-state index contributed by atoms with van der Waals surface area (Å²) in [7, 11) is 1.95. The van der Waals surface area contributed by atoms with E-state index in [-0.39, 0.29) is 11.5 Å². The number of hydrogen-bond acceptors (Lipinski definition) is 5. The van der Waals surface area contributed by atoms with Gasteiger partial charge in [-0.05, 0) is 32.0 Å². The zero-order chi connectivity index (χ0) is 22.5.